The summed E-state index contributed by atoms with van der Waals surface area (Å²) in [6.45, 7) is -0.0270. The van der Waals surface area contributed by atoms with Crippen LogP contribution >= 0.6 is 34.8 Å². The molecule has 0 bridgehead atoms. The summed E-state index contributed by atoms with van der Waals surface area (Å²) in [6, 6.07) is 14.2. The molecule has 0 amide bonds. The molecule has 0 saturated heterocycles. The van der Waals surface area contributed by atoms with Gasteiger partial charge >= 0.3 is 10.1 Å². The van der Waals surface area contributed by atoms with Crippen molar-refractivity contribution in [2.45, 2.75) is 15.7 Å². The largest absolute Gasteiger partial charge is 0.383 e. The summed E-state index contributed by atoms with van der Waals surface area (Å²) in [7, 11) is -8.34. The molecular weight excluding hydrogens is 547 g/mol. The molecule has 13 heteroatoms. The number of halogens is 3. The third-order valence-corrected chi connectivity index (χ3v) is 7.98. The fraction of sp³-hybridized carbons (Fsp3) is 0.0952. The predicted octanol–water partition coefficient (Wildman–Crippen LogP) is 4.46. The van der Waals surface area contributed by atoms with E-state index in [0.717, 1.165) is 0 Å². The lowest BCUT2D eigenvalue weighted by molar-refractivity contribution is -0.108. The molecular formula is C21H17Cl3N2O6S2. The first-order valence-electron chi connectivity index (χ1n) is 9.42. The molecule has 0 saturated carbocycles. The molecule has 0 aliphatic carbocycles. The van der Waals surface area contributed by atoms with Crippen molar-refractivity contribution < 1.29 is 25.8 Å². The third-order valence-electron chi connectivity index (χ3n) is 4.59. The van der Waals surface area contributed by atoms with Crippen LogP contribution in [0.4, 0.5) is 5.69 Å². The Labute approximate surface area is 211 Å². The molecule has 0 aromatic heterocycles. The zero-order chi connectivity index (χ0) is 25.1. The number of primary sulfonamides is 1. The van der Waals surface area contributed by atoms with Crippen LogP contribution in [0.25, 0.3) is 0 Å². The Bertz CT molecular complexity index is 1430. The first-order valence-corrected chi connectivity index (χ1v) is 13.5. The van der Waals surface area contributed by atoms with E-state index >= 15 is 0 Å². The quantitative estimate of drug-likeness (QED) is 0.290. The van der Waals surface area contributed by atoms with Gasteiger partial charge < -0.3 is 14.3 Å². The van der Waals surface area contributed by atoms with Crippen LogP contribution in [-0.4, -0.2) is 29.7 Å². The molecule has 3 N–H and O–H groups in total. The number of hydrogen-bond acceptors (Lipinski definition) is 7. The number of anilines is 1. The van der Waals surface area contributed by atoms with E-state index in [0.29, 0.717) is 11.8 Å². The van der Waals surface area contributed by atoms with E-state index in [9.17, 15) is 21.6 Å². The molecule has 8 nitrogen and oxygen atoms in total. The van der Waals surface area contributed by atoms with Gasteiger partial charge in [0.05, 0.1) is 21.7 Å². The molecule has 0 radical (unpaired) electrons. The summed E-state index contributed by atoms with van der Waals surface area (Å²) in [5.74, 6) is -0.722. The van der Waals surface area contributed by atoms with E-state index in [-0.39, 0.29) is 42.8 Å². The second-order valence-corrected chi connectivity index (χ2v) is 11.2. The predicted molar refractivity (Wildman–Crippen MR) is 131 cm³/mol. The van der Waals surface area contributed by atoms with E-state index < -0.39 is 26.1 Å². The van der Waals surface area contributed by atoms with Gasteiger partial charge in [-0.1, -0.05) is 59.1 Å². The summed E-state index contributed by atoms with van der Waals surface area (Å²) in [5.41, 5.74) is 0.549. The van der Waals surface area contributed by atoms with Gasteiger partial charge in [0.25, 0.3) is 0 Å². The highest BCUT2D eigenvalue weighted by atomic mass is 35.5. The van der Waals surface area contributed by atoms with Crippen molar-refractivity contribution in [2.24, 2.45) is 5.14 Å². The lowest BCUT2D eigenvalue weighted by Gasteiger charge is -2.17. The van der Waals surface area contributed by atoms with Gasteiger partial charge in [0.15, 0.2) is 0 Å². The maximum Gasteiger partial charge on any atom is 0.340 e. The molecule has 0 aliphatic rings. The van der Waals surface area contributed by atoms with Crippen molar-refractivity contribution in [1.29, 1.82) is 0 Å². The average molecular weight is 564 g/mol. The number of nitrogens with one attached hydrogen (secondary N) is 1. The molecule has 1 atom stereocenters. The SMILES string of the molecule is NS(=O)(=O)c1c(Cl)cc(Cl)cc1NCC(C=O)c1ccc(OS(=O)(=O)c2ccccc2Cl)cc1. The number of sulfonamides is 1. The molecule has 0 heterocycles. The van der Waals surface area contributed by atoms with E-state index in [4.69, 9.17) is 44.1 Å². The fourth-order valence-corrected chi connectivity index (χ4v) is 6.04. The Hall–Kier alpha value is -2.34. The monoisotopic (exact) mass is 562 g/mol. The number of carbonyl (C=O) groups excluding carboxylic acids is 1. The van der Waals surface area contributed by atoms with Gasteiger partial charge in [0.2, 0.25) is 10.0 Å². The maximum absolute atomic E-state index is 12.5. The highest BCUT2D eigenvalue weighted by Crippen LogP contribution is 2.33. The summed E-state index contributed by atoms with van der Waals surface area (Å²) in [6.07, 6.45) is 0.645. The van der Waals surface area contributed by atoms with Crippen LogP contribution in [0.1, 0.15) is 11.5 Å². The molecule has 3 aromatic rings. The molecule has 0 fully saturated rings. The van der Waals surface area contributed by atoms with Crippen LogP contribution in [0.5, 0.6) is 5.75 Å². The minimum absolute atomic E-state index is 0.0133. The highest BCUT2D eigenvalue weighted by Gasteiger charge is 2.22. The van der Waals surface area contributed by atoms with Gasteiger partial charge in [-0.05, 0) is 42.0 Å². The van der Waals surface area contributed by atoms with Crippen LogP contribution in [0.2, 0.25) is 15.1 Å². The number of rotatable bonds is 9. The van der Waals surface area contributed by atoms with Gasteiger partial charge in [-0.3, -0.25) is 0 Å². The summed E-state index contributed by atoms with van der Waals surface area (Å²) in [4.78, 5) is 11.2. The Balaban J connectivity index is 1.78. The van der Waals surface area contributed by atoms with E-state index in [1.165, 1.54) is 54.6 Å². The minimum Gasteiger partial charge on any atom is -0.383 e. The van der Waals surface area contributed by atoms with Gasteiger partial charge in [0, 0.05) is 11.6 Å². The lowest BCUT2D eigenvalue weighted by Crippen LogP contribution is -2.19. The lowest BCUT2D eigenvalue weighted by atomic mass is 10.0. The van der Waals surface area contributed by atoms with Crippen LogP contribution in [0.3, 0.4) is 0 Å². The average Bonchev–Trinajstić information content (AvgIpc) is 2.73. The van der Waals surface area contributed by atoms with E-state index in [1.54, 1.807) is 6.07 Å². The fourth-order valence-electron chi connectivity index (χ4n) is 3.03. The van der Waals surface area contributed by atoms with Crippen molar-refractivity contribution >= 4 is 66.9 Å². The third kappa shape index (κ3) is 6.21. The molecule has 180 valence electrons. The first kappa shape index (κ1) is 26.3. The second kappa shape index (κ2) is 10.5. The summed E-state index contributed by atoms with van der Waals surface area (Å²) < 4.78 is 53.9. The van der Waals surface area contributed by atoms with Crippen molar-refractivity contribution in [2.75, 3.05) is 11.9 Å². The second-order valence-electron chi connectivity index (χ2n) is 6.97. The van der Waals surface area contributed by atoms with Crippen molar-refractivity contribution in [3.8, 4) is 5.75 Å². The van der Waals surface area contributed by atoms with Crippen LogP contribution in [0, 0.1) is 0 Å². The van der Waals surface area contributed by atoms with Gasteiger partial charge in [-0.2, -0.15) is 8.42 Å². The smallest absolute Gasteiger partial charge is 0.340 e. The number of hydrogen-bond donors (Lipinski definition) is 2. The molecule has 3 rings (SSSR count). The van der Waals surface area contributed by atoms with Crippen molar-refractivity contribution in [3.05, 3.63) is 81.3 Å². The number of nitrogens with two attached hydrogens (primary N) is 1. The van der Waals surface area contributed by atoms with Crippen LogP contribution in [-0.2, 0) is 24.9 Å². The van der Waals surface area contributed by atoms with Crippen molar-refractivity contribution in [3.63, 3.8) is 0 Å². The summed E-state index contributed by atoms with van der Waals surface area (Å²) >= 11 is 17.9. The first-order chi connectivity index (χ1) is 15.9. The maximum atomic E-state index is 12.5. The molecule has 1 unspecified atom stereocenters. The molecule has 0 spiro atoms. The van der Waals surface area contributed by atoms with Gasteiger partial charge in [-0.25, -0.2) is 13.6 Å². The standard InChI is InChI=1S/C21H17Cl3N2O6S2/c22-15-9-18(24)21(33(25,28)29)19(10-15)26-11-14(12-27)13-5-7-16(8-6-13)32-34(30,31)20-4-2-1-3-17(20)23/h1-10,12,14,26H,11H2,(H2,25,28,29). The van der Waals surface area contributed by atoms with Crippen LogP contribution in [0.15, 0.2) is 70.5 Å². The topological polar surface area (TPSA) is 133 Å². The Morgan fingerprint density at radius 3 is 2.18 bits per heavy atom. The number of aldehydes is 1. The van der Waals surface area contributed by atoms with E-state index in [2.05, 4.69) is 5.32 Å². The highest BCUT2D eigenvalue weighted by molar-refractivity contribution is 7.89. The Kier molecular flexibility index (Phi) is 8.12. The zero-order valence-electron chi connectivity index (χ0n) is 17.1. The Morgan fingerprint density at radius 2 is 1.59 bits per heavy atom. The Morgan fingerprint density at radius 1 is 0.941 bits per heavy atom. The minimum atomic E-state index is -4.17. The summed E-state index contributed by atoms with van der Waals surface area (Å²) in [5, 5.41) is 8.10. The van der Waals surface area contributed by atoms with Gasteiger partial charge in [0.1, 0.15) is 21.8 Å². The normalized spacial score (nSPS) is 12.7. The van der Waals surface area contributed by atoms with Gasteiger partial charge in [-0.15, -0.1) is 0 Å². The van der Waals surface area contributed by atoms with E-state index in [1.807, 2.05) is 0 Å². The molecule has 34 heavy (non-hydrogen) atoms. The molecule has 0 aliphatic heterocycles. The zero-order valence-corrected chi connectivity index (χ0v) is 21.0. The molecule has 3 aromatic carbocycles. The van der Waals surface area contributed by atoms with Crippen LogP contribution < -0.4 is 14.6 Å². The number of carbonyl (C=O) groups is 1. The number of benzene rings is 3. The van der Waals surface area contributed by atoms with Crippen molar-refractivity contribution in [1.82, 2.24) is 0 Å².